The van der Waals surface area contributed by atoms with E-state index in [0.717, 1.165) is 25.7 Å². The van der Waals surface area contributed by atoms with E-state index in [0.29, 0.717) is 31.6 Å². The summed E-state index contributed by atoms with van der Waals surface area (Å²) in [6, 6.07) is 0. The van der Waals surface area contributed by atoms with E-state index in [2.05, 4.69) is 11.6 Å². The molecule has 0 saturated heterocycles. The molecule has 1 saturated carbocycles. The van der Waals surface area contributed by atoms with Crippen molar-refractivity contribution in [1.82, 2.24) is 5.32 Å². The number of ketones is 1. The maximum atomic E-state index is 11.7. The molecule has 32 heavy (non-hydrogen) atoms. The van der Waals surface area contributed by atoms with Gasteiger partial charge in [0.1, 0.15) is 18.5 Å². The molecule has 0 spiro atoms. The van der Waals surface area contributed by atoms with Crippen LogP contribution >= 0.6 is 11.8 Å². The summed E-state index contributed by atoms with van der Waals surface area (Å²) in [5, 5.41) is 3.38. The van der Waals surface area contributed by atoms with Crippen LogP contribution in [0.3, 0.4) is 0 Å². The number of ether oxygens (including phenoxy) is 4. The van der Waals surface area contributed by atoms with Gasteiger partial charge in [0.25, 0.3) is 0 Å². The maximum Gasteiger partial charge on any atom is 0.407 e. The highest BCUT2D eigenvalue weighted by molar-refractivity contribution is 7.99. The fraction of sp³-hybridized carbons (Fsp3) is 0.870. The van der Waals surface area contributed by atoms with Gasteiger partial charge in [0.15, 0.2) is 0 Å². The van der Waals surface area contributed by atoms with Crippen LogP contribution in [-0.4, -0.2) is 75.0 Å². The number of alkyl carbamates (subject to hydrolysis) is 1. The van der Waals surface area contributed by atoms with Crippen molar-refractivity contribution in [3.05, 3.63) is 0 Å². The quantitative estimate of drug-likeness (QED) is 0.289. The van der Waals surface area contributed by atoms with Gasteiger partial charge in [-0.05, 0) is 38.9 Å². The number of carbonyl (C=O) groups is 3. The Labute approximate surface area is 198 Å². The van der Waals surface area contributed by atoms with Crippen molar-refractivity contribution in [3.63, 3.8) is 0 Å². The second-order valence-corrected chi connectivity index (χ2v) is 7.75. The molecule has 0 aromatic rings. The first-order chi connectivity index (χ1) is 15.5. The average molecular weight is 480 g/mol. The second-order valence-electron chi connectivity index (χ2n) is 6.61. The smallest absolute Gasteiger partial charge is 0.407 e. The summed E-state index contributed by atoms with van der Waals surface area (Å²) in [5.74, 6) is -0.434. The van der Waals surface area contributed by atoms with Gasteiger partial charge in [-0.1, -0.05) is 27.7 Å². The molecule has 0 aromatic heterocycles. The monoisotopic (exact) mass is 479 g/mol. The second kappa shape index (κ2) is 24.3. The van der Waals surface area contributed by atoms with Gasteiger partial charge < -0.3 is 29.1 Å². The van der Waals surface area contributed by atoms with Gasteiger partial charge in [0.2, 0.25) is 0 Å². The lowest BCUT2D eigenvalue weighted by molar-refractivity contribution is -0.146. The molecule has 9 heteroatoms. The minimum Gasteiger partial charge on any atom is -0.463 e. The van der Waals surface area contributed by atoms with Crippen LogP contribution in [0.25, 0.3) is 0 Å². The number of hydrogen-bond acceptors (Lipinski definition) is 8. The maximum absolute atomic E-state index is 11.7. The molecular weight excluding hydrogens is 434 g/mol. The van der Waals surface area contributed by atoms with Gasteiger partial charge >= 0.3 is 12.1 Å². The van der Waals surface area contributed by atoms with E-state index in [1.54, 1.807) is 0 Å². The molecule has 1 fully saturated rings. The largest absolute Gasteiger partial charge is 0.463 e. The van der Waals surface area contributed by atoms with Crippen molar-refractivity contribution in [3.8, 4) is 0 Å². The van der Waals surface area contributed by atoms with Crippen LogP contribution in [0.1, 0.15) is 73.1 Å². The Morgan fingerprint density at radius 1 is 0.844 bits per heavy atom. The van der Waals surface area contributed by atoms with Gasteiger partial charge in [-0.25, -0.2) is 4.79 Å². The molecule has 1 rings (SSSR count). The lowest BCUT2D eigenvalue weighted by Crippen LogP contribution is -2.33. The molecule has 190 valence electrons. The molecule has 0 atom stereocenters. The lowest BCUT2D eigenvalue weighted by atomic mass is 9.97. The van der Waals surface area contributed by atoms with E-state index >= 15 is 0 Å². The molecular formula is C23H45NO7S. The average Bonchev–Trinajstić information content (AvgIpc) is 2.82. The molecule has 0 bridgehead atoms. The predicted octanol–water partition coefficient (Wildman–Crippen LogP) is 4.38. The zero-order valence-corrected chi connectivity index (χ0v) is 21.7. The Morgan fingerprint density at radius 2 is 1.41 bits per heavy atom. The highest BCUT2D eigenvalue weighted by Gasteiger charge is 2.23. The third-order valence-corrected chi connectivity index (χ3v) is 5.43. The molecule has 1 N–H and O–H groups in total. The standard InChI is InChI=1S/C19H33NO7S.2C2H6/c1-15(21)3-8-18(22)26-14-13-25-12-11-24-10-9-20-19(23)27-16-4-6-17(28-2)7-5-16;2*1-2/h16-17H,3-14H2,1-2H3,(H,20,23);2*1-2H3. The topological polar surface area (TPSA) is 100 Å². The van der Waals surface area contributed by atoms with Gasteiger partial charge in [-0.15, -0.1) is 0 Å². The van der Waals surface area contributed by atoms with Crippen molar-refractivity contribution in [2.24, 2.45) is 0 Å². The highest BCUT2D eigenvalue weighted by atomic mass is 32.2. The SMILES string of the molecule is CC.CC.CSC1CCC(OC(=O)NCCOCCOCCOC(=O)CCC(C)=O)CC1. The van der Waals surface area contributed by atoms with Crippen LogP contribution in [0.2, 0.25) is 0 Å². The Morgan fingerprint density at radius 3 is 1.97 bits per heavy atom. The normalized spacial score (nSPS) is 17.1. The summed E-state index contributed by atoms with van der Waals surface area (Å²) in [6.45, 7) is 11.4. The summed E-state index contributed by atoms with van der Waals surface area (Å²) in [7, 11) is 0. The van der Waals surface area contributed by atoms with E-state index in [1.807, 2.05) is 39.5 Å². The molecule has 8 nitrogen and oxygen atoms in total. The van der Waals surface area contributed by atoms with Crippen molar-refractivity contribution >= 4 is 29.6 Å². The van der Waals surface area contributed by atoms with Crippen LogP contribution in [0.4, 0.5) is 4.79 Å². The van der Waals surface area contributed by atoms with Crippen LogP contribution in [0.15, 0.2) is 0 Å². The van der Waals surface area contributed by atoms with Crippen molar-refractivity contribution in [1.29, 1.82) is 0 Å². The summed E-state index contributed by atoms with van der Waals surface area (Å²) in [4.78, 5) is 33.7. The van der Waals surface area contributed by atoms with Crippen molar-refractivity contribution in [2.75, 3.05) is 45.8 Å². The molecule has 1 aliphatic carbocycles. The highest BCUT2D eigenvalue weighted by Crippen LogP contribution is 2.28. The molecule has 0 unspecified atom stereocenters. The lowest BCUT2D eigenvalue weighted by Gasteiger charge is -2.27. The summed E-state index contributed by atoms with van der Waals surface area (Å²) < 4.78 is 20.9. The van der Waals surface area contributed by atoms with E-state index in [1.165, 1.54) is 6.92 Å². The van der Waals surface area contributed by atoms with Crippen LogP contribution < -0.4 is 5.32 Å². The number of hydrogen-bond donors (Lipinski definition) is 1. The number of esters is 1. The summed E-state index contributed by atoms with van der Waals surface area (Å²) in [5.41, 5.74) is 0. The molecule has 1 aliphatic rings. The number of Topliss-reactive ketones (excluding diaryl/α,β-unsaturated/α-hetero) is 1. The molecule has 0 radical (unpaired) electrons. The molecule has 0 aromatic carbocycles. The Hall–Kier alpha value is -1.32. The first-order valence-corrected chi connectivity index (χ1v) is 13.1. The van der Waals surface area contributed by atoms with Crippen LogP contribution in [0, 0.1) is 0 Å². The molecule has 0 aliphatic heterocycles. The van der Waals surface area contributed by atoms with Crippen LogP contribution in [0.5, 0.6) is 0 Å². The van der Waals surface area contributed by atoms with Crippen molar-refractivity contribution in [2.45, 2.75) is 84.5 Å². The number of carbonyl (C=O) groups excluding carboxylic acids is 3. The fourth-order valence-electron chi connectivity index (χ4n) is 2.69. The van der Waals surface area contributed by atoms with Crippen molar-refractivity contribution < 1.29 is 33.3 Å². The van der Waals surface area contributed by atoms with Crippen LogP contribution in [-0.2, 0) is 28.5 Å². The third-order valence-electron chi connectivity index (χ3n) is 4.29. The van der Waals surface area contributed by atoms with E-state index in [4.69, 9.17) is 18.9 Å². The third kappa shape index (κ3) is 20.6. The Balaban J connectivity index is 0. The Kier molecular flexibility index (Phi) is 25.0. The van der Waals surface area contributed by atoms with E-state index in [9.17, 15) is 14.4 Å². The first kappa shape index (κ1) is 32.9. The minimum atomic E-state index is -0.398. The minimum absolute atomic E-state index is 0.0225. The van der Waals surface area contributed by atoms with Gasteiger partial charge in [-0.3, -0.25) is 4.79 Å². The molecule has 1 amide bonds. The van der Waals surface area contributed by atoms with E-state index < -0.39 is 5.97 Å². The van der Waals surface area contributed by atoms with Gasteiger partial charge in [-0.2, -0.15) is 11.8 Å². The van der Waals surface area contributed by atoms with Gasteiger partial charge in [0, 0.05) is 18.2 Å². The summed E-state index contributed by atoms with van der Waals surface area (Å²) in [6.07, 6.45) is 6.11. The predicted molar refractivity (Wildman–Crippen MR) is 129 cm³/mol. The zero-order chi connectivity index (χ0) is 24.6. The number of thioether (sulfide) groups is 1. The Bertz CT molecular complexity index is 469. The fourth-order valence-corrected chi connectivity index (χ4v) is 3.43. The number of nitrogens with one attached hydrogen (secondary N) is 1. The first-order valence-electron chi connectivity index (χ1n) is 11.8. The zero-order valence-electron chi connectivity index (χ0n) is 20.9. The number of amides is 1. The number of rotatable bonds is 14. The molecule has 0 heterocycles. The van der Waals surface area contributed by atoms with E-state index in [-0.39, 0.29) is 44.0 Å². The van der Waals surface area contributed by atoms with Gasteiger partial charge in [0.05, 0.1) is 32.8 Å². The summed E-state index contributed by atoms with van der Waals surface area (Å²) >= 11 is 1.88.